The van der Waals surface area contributed by atoms with Crippen LogP contribution in [0, 0.1) is 0 Å². The average molecular weight is 622 g/mol. The molecule has 1 N–H and O–H groups in total. The zero-order valence-corrected chi connectivity index (χ0v) is 25.0. The van der Waals surface area contributed by atoms with Crippen LogP contribution in [0.2, 0.25) is 0 Å². The summed E-state index contributed by atoms with van der Waals surface area (Å²) in [6, 6.07) is 28.7. The Balaban J connectivity index is 0.000000165. The maximum absolute atomic E-state index is 11.5. The summed E-state index contributed by atoms with van der Waals surface area (Å²) in [5, 5.41) is 13.7. The van der Waals surface area contributed by atoms with Gasteiger partial charge in [0.05, 0.1) is 27.8 Å². The maximum atomic E-state index is 11.5. The number of phenols is 1. The van der Waals surface area contributed by atoms with Gasteiger partial charge in [-0.25, -0.2) is 14.6 Å². The summed E-state index contributed by atoms with van der Waals surface area (Å²) in [6.45, 7) is 5.56. The van der Waals surface area contributed by atoms with Gasteiger partial charge in [0.15, 0.2) is 5.78 Å². The summed E-state index contributed by atoms with van der Waals surface area (Å²) in [5.41, 5.74) is 7.21. The van der Waals surface area contributed by atoms with E-state index in [1.54, 1.807) is 37.9 Å². The van der Waals surface area contributed by atoms with Crippen LogP contribution in [0.25, 0.3) is 39.1 Å². The van der Waals surface area contributed by atoms with E-state index in [9.17, 15) is 9.90 Å². The minimum absolute atomic E-state index is 0.0436. The summed E-state index contributed by atoms with van der Waals surface area (Å²) in [7, 11) is 0. The second kappa shape index (κ2) is 12.7. The van der Waals surface area contributed by atoms with Crippen molar-refractivity contribution in [1.82, 2.24) is 28.9 Å². The van der Waals surface area contributed by atoms with Gasteiger partial charge in [0.2, 0.25) is 0 Å². The Hall–Kier alpha value is -5.02. The largest absolute Gasteiger partial charge is 0.508 e. The van der Waals surface area contributed by atoms with E-state index in [2.05, 4.69) is 31.0 Å². The third-order valence-electron chi connectivity index (χ3n) is 6.45. The van der Waals surface area contributed by atoms with Gasteiger partial charge in [-0.15, -0.1) is 0 Å². The second-order valence-electron chi connectivity index (χ2n) is 9.11. The minimum Gasteiger partial charge on any atom is -0.508 e. The minimum atomic E-state index is 0.0436. The van der Waals surface area contributed by atoms with Gasteiger partial charge in [-0.2, -0.15) is 5.10 Å². The molecular weight excluding hydrogens is 592 g/mol. The number of fused-ring (bicyclic) bond motifs is 2. The summed E-state index contributed by atoms with van der Waals surface area (Å²) in [4.78, 5) is 20.2. The molecule has 0 saturated heterocycles. The molecule has 3 heterocycles. The first-order chi connectivity index (χ1) is 20.5. The average Bonchev–Trinajstić information content (AvgIpc) is 3.78. The number of Topliss-reactive ketones (excluding diaryl/α,β-unsaturated/α-hetero) is 1. The zero-order chi connectivity index (χ0) is 29.6. The van der Waals surface area contributed by atoms with Crippen molar-refractivity contribution in [3.8, 4) is 22.8 Å². The molecule has 0 fully saturated rings. The van der Waals surface area contributed by atoms with Crippen molar-refractivity contribution < 1.29 is 9.90 Å². The summed E-state index contributed by atoms with van der Waals surface area (Å²) < 4.78 is 6.83. The molecule has 7 rings (SSSR count). The number of hydrogen-bond acceptors (Lipinski definition) is 5. The number of nitrogens with zero attached hydrogens (tertiary/aromatic N) is 6. The normalized spacial score (nSPS) is 10.6. The van der Waals surface area contributed by atoms with Crippen LogP contribution in [0.3, 0.4) is 0 Å². The molecule has 0 aliphatic rings. The van der Waals surface area contributed by atoms with Gasteiger partial charge in [-0.3, -0.25) is 13.9 Å². The van der Waals surface area contributed by atoms with Crippen LogP contribution in [0.15, 0.2) is 121 Å². The Morgan fingerprint density at radius 2 is 1.36 bits per heavy atom. The molecule has 42 heavy (non-hydrogen) atoms. The topological polar surface area (TPSA) is 90.8 Å². The fraction of sp³-hybridized carbons (Fsp3) is 0.0909. The van der Waals surface area contributed by atoms with Gasteiger partial charge >= 0.3 is 0 Å². The van der Waals surface area contributed by atoms with Gasteiger partial charge in [0.1, 0.15) is 18.4 Å². The van der Waals surface area contributed by atoms with Gasteiger partial charge in [0, 0.05) is 39.9 Å². The SMILES string of the molecule is CC.CC(=O)c1ccc2c(c1)ncn2-c1cccc(-n2cccn2)c1.Oc1ccc2c(c1)ncn2-c1cccc(Br)c1. The maximum Gasteiger partial charge on any atom is 0.159 e. The number of imidazole rings is 2. The van der Waals surface area contributed by atoms with Gasteiger partial charge in [-0.05, 0) is 79.7 Å². The van der Waals surface area contributed by atoms with E-state index < -0.39 is 0 Å². The molecule has 7 aromatic rings. The van der Waals surface area contributed by atoms with Crippen molar-refractivity contribution in [2.24, 2.45) is 0 Å². The monoisotopic (exact) mass is 620 g/mol. The second-order valence-corrected chi connectivity index (χ2v) is 10.0. The smallest absolute Gasteiger partial charge is 0.159 e. The number of rotatable bonds is 4. The van der Waals surface area contributed by atoms with Crippen molar-refractivity contribution in [1.29, 1.82) is 0 Å². The van der Waals surface area contributed by atoms with Gasteiger partial charge < -0.3 is 5.11 Å². The highest BCUT2D eigenvalue weighted by atomic mass is 79.9. The van der Waals surface area contributed by atoms with Crippen LogP contribution < -0.4 is 0 Å². The van der Waals surface area contributed by atoms with Gasteiger partial charge in [-0.1, -0.05) is 41.9 Å². The van der Waals surface area contributed by atoms with E-state index >= 15 is 0 Å². The Labute approximate surface area is 251 Å². The number of hydrogen-bond donors (Lipinski definition) is 1. The van der Waals surface area contributed by atoms with Crippen LogP contribution >= 0.6 is 15.9 Å². The third kappa shape index (κ3) is 6.01. The molecule has 0 spiro atoms. The molecule has 0 aliphatic carbocycles. The van der Waals surface area contributed by atoms with Crippen molar-refractivity contribution in [2.75, 3.05) is 0 Å². The van der Waals surface area contributed by atoms with E-state index in [1.165, 1.54) is 0 Å². The molecular formula is C33H29BrN6O2. The molecule has 8 nitrogen and oxygen atoms in total. The highest BCUT2D eigenvalue weighted by molar-refractivity contribution is 9.10. The van der Waals surface area contributed by atoms with Crippen molar-refractivity contribution in [3.05, 3.63) is 126 Å². The number of carbonyl (C=O) groups excluding carboxylic acids is 1. The fourth-order valence-corrected chi connectivity index (χ4v) is 4.86. The molecule has 0 radical (unpaired) electrons. The number of aromatic hydroxyl groups is 1. The molecule has 0 bridgehead atoms. The van der Waals surface area contributed by atoms with Crippen molar-refractivity contribution in [3.63, 3.8) is 0 Å². The molecule has 0 unspecified atom stereocenters. The number of halogens is 1. The summed E-state index contributed by atoms with van der Waals surface area (Å²) in [5.74, 6) is 0.277. The lowest BCUT2D eigenvalue weighted by Crippen LogP contribution is -1.98. The fourth-order valence-electron chi connectivity index (χ4n) is 4.48. The third-order valence-corrected chi connectivity index (χ3v) is 6.94. The summed E-state index contributed by atoms with van der Waals surface area (Å²) >= 11 is 3.45. The van der Waals surface area contributed by atoms with E-state index in [0.717, 1.165) is 43.6 Å². The lowest BCUT2D eigenvalue weighted by atomic mass is 10.1. The van der Waals surface area contributed by atoms with Crippen LogP contribution in [-0.4, -0.2) is 39.8 Å². The van der Waals surface area contributed by atoms with Crippen LogP contribution in [0.5, 0.6) is 5.75 Å². The lowest BCUT2D eigenvalue weighted by Gasteiger charge is -2.07. The number of phenolic OH excluding ortho intramolecular Hbond substituents is 1. The molecule has 0 aliphatic heterocycles. The first kappa shape index (κ1) is 28.5. The highest BCUT2D eigenvalue weighted by Crippen LogP contribution is 2.24. The van der Waals surface area contributed by atoms with E-state index in [1.807, 2.05) is 113 Å². The first-order valence-electron chi connectivity index (χ1n) is 13.5. The molecule has 9 heteroatoms. The standard InChI is InChI=1S/C18H14N4O.C13H9BrN2O.C2H6/c1-13(23)14-6-7-18-17(10-14)19-12-21(18)15-4-2-5-16(11-15)22-9-3-8-20-22;14-9-2-1-3-10(6-9)16-8-15-12-7-11(17)4-5-13(12)16;1-2/h2-12H,1H3;1-8,17H;1-2H3. The number of ketones is 1. The van der Waals surface area contributed by atoms with E-state index in [-0.39, 0.29) is 11.5 Å². The van der Waals surface area contributed by atoms with Gasteiger partial charge in [0.25, 0.3) is 0 Å². The zero-order valence-electron chi connectivity index (χ0n) is 23.4. The number of aromatic nitrogens is 6. The first-order valence-corrected chi connectivity index (χ1v) is 14.3. The van der Waals surface area contributed by atoms with E-state index in [0.29, 0.717) is 5.56 Å². The molecule has 0 saturated carbocycles. The van der Waals surface area contributed by atoms with Crippen LogP contribution in [-0.2, 0) is 0 Å². The molecule has 210 valence electrons. The molecule has 4 aromatic carbocycles. The van der Waals surface area contributed by atoms with E-state index in [4.69, 9.17) is 0 Å². The Morgan fingerprint density at radius 3 is 2.00 bits per heavy atom. The highest BCUT2D eigenvalue weighted by Gasteiger charge is 2.09. The summed E-state index contributed by atoms with van der Waals surface area (Å²) in [6.07, 6.45) is 7.19. The molecule has 0 atom stereocenters. The molecule has 3 aromatic heterocycles. The molecule has 0 amide bonds. The Kier molecular flexibility index (Phi) is 8.59. The Bertz CT molecular complexity index is 1970. The number of benzene rings is 4. The van der Waals surface area contributed by atoms with Crippen molar-refractivity contribution >= 4 is 43.8 Å². The van der Waals surface area contributed by atoms with Crippen LogP contribution in [0.1, 0.15) is 31.1 Å². The Morgan fingerprint density at radius 1 is 0.738 bits per heavy atom. The number of carbonyl (C=O) groups is 1. The predicted molar refractivity (Wildman–Crippen MR) is 170 cm³/mol. The lowest BCUT2D eigenvalue weighted by molar-refractivity contribution is 0.101. The quantitative estimate of drug-likeness (QED) is 0.202. The van der Waals surface area contributed by atoms with Crippen LogP contribution in [0.4, 0.5) is 0 Å². The van der Waals surface area contributed by atoms with Crippen molar-refractivity contribution in [2.45, 2.75) is 20.8 Å². The predicted octanol–water partition coefficient (Wildman–Crippen LogP) is 7.93.